The summed E-state index contributed by atoms with van der Waals surface area (Å²) >= 11 is 0. The molecular weight excluding hydrogens is 265 g/mol. The van der Waals surface area contributed by atoms with Crippen LogP contribution in [0, 0.1) is 22.2 Å². The van der Waals surface area contributed by atoms with E-state index in [1.165, 1.54) is 12.1 Å². The second kappa shape index (κ2) is 4.15. The molecule has 0 aromatic heterocycles. The van der Waals surface area contributed by atoms with Gasteiger partial charge in [-0.3, -0.25) is 0 Å². The normalized spacial score (nSPS) is 20.3. The summed E-state index contributed by atoms with van der Waals surface area (Å²) in [7, 11) is 0. The molecule has 1 aliphatic rings. The van der Waals surface area contributed by atoms with Gasteiger partial charge in [0.25, 0.3) is 0 Å². The van der Waals surface area contributed by atoms with Crippen LogP contribution in [0.25, 0.3) is 0 Å². The van der Waals surface area contributed by atoms with E-state index < -0.39 is 11.7 Å². The molecule has 5 heteroatoms. The molecule has 2 rings (SSSR count). The van der Waals surface area contributed by atoms with Crippen LogP contribution < -0.4 is 5.32 Å². The number of alkyl halides is 3. The third-order valence-electron chi connectivity index (χ3n) is 4.78. The molecule has 0 saturated heterocycles. The first-order valence-corrected chi connectivity index (χ1v) is 6.39. The van der Waals surface area contributed by atoms with Gasteiger partial charge in [-0.05, 0) is 29.0 Å². The number of hydrogen-bond acceptors (Lipinski definition) is 2. The molecule has 1 aromatic carbocycles. The third kappa shape index (κ3) is 2.13. The lowest BCUT2D eigenvalue weighted by Gasteiger charge is -2.12. The molecular formula is C15H17F3N2. The summed E-state index contributed by atoms with van der Waals surface area (Å²) in [5, 5.41) is 12.1. The Bertz CT molecular complexity index is 566. The molecule has 0 atom stereocenters. The molecule has 108 valence electrons. The number of nitrogens with zero attached hydrogens (tertiary/aromatic N) is 1. The van der Waals surface area contributed by atoms with E-state index in [1.54, 1.807) is 6.07 Å². The van der Waals surface area contributed by atoms with E-state index in [0.29, 0.717) is 5.69 Å². The van der Waals surface area contributed by atoms with Gasteiger partial charge in [0.05, 0.1) is 17.2 Å². The van der Waals surface area contributed by atoms with Gasteiger partial charge in [0.1, 0.15) is 0 Å². The fourth-order valence-electron chi connectivity index (χ4n) is 2.70. The minimum atomic E-state index is -4.50. The molecule has 1 saturated carbocycles. The fourth-order valence-corrected chi connectivity index (χ4v) is 2.70. The zero-order valence-corrected chi connectivity index (χ0v) is 11.9. The Morgan fingerprint density at radius 1 is 1.15 bits per heavy atom. The van der Waals surface area contributed by atoms with Gasteiger partial charge in [-0.1, -0.05) is 27.7 Å². The van der Waals surface area contributed by atoms with Crippen LogP contribution in [0.4, 0.5) is 18.9 Å². The molecule has 1 N–H and O–H groups in total. The lowest BCUT2D eigenvalue weighted by Crippen LogP contribution is -2.12. The molecule has 0 heterocycles. The van der Waals surface area contributed by atoms with Crippen LogP contribution in [0.1, 0.15) is 38.8 Å². The standard InChI is InChI=1S/C15H17F3N2/c1-13(2)12(14(13,3)4)20-10-5-6-11(15(16,17)18)9(7-10)8-19/h5-7,12,20H,1-4H3. The van der Waals surface area contributed by atoms with Gasteiger partial charge in [-0.15, -0.1) is 0 Å². The van der Waals surface area contributed by atoms with Crippen LogP contribution in [0.5, 0.6) is 0 Å². The van der Waals surface area contributed by atoms with Crippen LogP contribution in [0.3, 0.4) is 0 Å². The minimum absolute atomic E-state index is 0.0719. The molecule has 0 bridgehead atoms. The highest BCUT2D eigenvalue weighted by Gasteiger charge is 2.64. The van der Waals surface area contributed by atoms with Gasteiger partial charge in [-0.2, -0.15) is 18.4 Å². The Balaban J connectivity index is 2.27. The van der Waals surface area contributed by atoms with Crippen molar-refractivity contribution in [2.24, 2.45) is 10.8 Å². The largest absolute Gasteiger partial charge is 0.417 e. The molecule has 1 fully saturated rings. The second-order valence-corrected chi connectivity index (χ2v) is 6.39. The third-order valence-corrected chi connectivity index (χ3v) is 4.78. The van der Waals surface area contributed by atoms with Crippen molar-refractivity contribution in [3.05, 3.63) is 29.3 Å². The van der Waals surface area contributed by atoms with Crippen molar-refractivity contribution in [1.82, 2.24) is 0 Å². The van der Waals surface area contributed by atoms with Gasteiger partial charge in [0, 0.05) is 11.7 Å². The molecule has 0 spiro atoms. The van der Waals surface area contributed by atoms with Crippen molar-refractivity contribution in [2.75, 3.05) is 5.32 Å². The van der Waals surface area contributed by atoms with Crippen LogP contribution in [-0.2, 0) is 6.18 Å². The summed E-state index contributed by atoms with van der Waals surface area (Å²) in [6.07, 6.45) is -4.50. The first kappa shape index (κ1) is 14.7. The lowest BCUT2D eigenvalue weighted by molar-refractivity contribution is -0.137. The van der Waals surface area contributed by atoms with Crippen LogP contribution in [0.2, 0.25) is 0 Å². The quantitative estimate of drug-likeness (QED) is 0.871. The molecule has 0 aliphatic heterocycles. The molecule has 1 aliphatic carbocycles. The second-order valence-electron chi connectivity index (χ2n) is 6.39. The summed E-state index contributed by atoms with van der Waals surface area (Å²) < 4.78 is 38.1. The van der Waals surface area contributed by atoms with E-state index in [4.69, 9.17) is 5.26 Å². The first-order valence-electron chi connectivity index (χ1n) is 6.39. The predicted molar refractivity (Wildman–Crippen MR) is 71.1 cm³/mol. The van der Waals surface area contributed by atoms with Crippen LogP contribution >= 0.6 is 0 Å². The molecule has 20 heavy (non-hydrogen) atoms. The van der Waals surface area contributed by atoms with Crippen molar-refractivity contribution >= 4 is 5.69 Å². The summed E-state index contributed by atoms with van der Waals surface area (Å²) in [6.45, 7) is 8.44. The number of anilines is 1. The number of rotatable bonds is 2. The van der Waals surface area contributed by atoms with Crippen molar-refractivity contribution < 1.29 is 13.2 Å². The van der Waals surface area contributed by atoms with Gasteiger partial charge >= 0.3 is 6.18 Å². The van der Waals surface area contributed by atoms with Gasteiger partial charge < -0.3 is 5.32 Å². The van der Waals surface area contributed by atoms with Gasteiger partial charge in [0.15, 0.2) is 0 Å². The van der Waals surface area contributed by atoms with Crippen molar-refractivity contribution in [3.8, 4) is 6.07 Å². The summed E-state index contributed by atoms with van der Waals surface area (Å²) in [6, 6.07) is 5.41. The van der Waals surface area contributed by atoms with Gasteiger partial charge in [-0.25, -0.2) is 0 Å². The highest BCUT2D eigenvalue weighted by molar-refractivity contribution is 5.55. The highest BCUT2D eigenvalue weighted by Crippen LogP contribution is 2.63. The lowest BCUT2D eigenvalue weighted by atomic mass is 10.0. The van der Waals surface area contributed by atoms with Crippen LogP contribution in [-0.4, -0.2) is 6.04 Å². The zero-order chi connectivity index (χ0) is 15.3. The fraction of sp³-hybridized carbons (Fsp3) is 0.533. The Kier molecular flexibility index (Phi) is 3.05. The highest BCUT2D eigenvalue weighted by atomic mass is 19.4. The van der Waals surface area contributed by atoms with Crippen molar-refractivity contribution in [2.45, 2.75) is 39.9 Å². The van der Waals surface area contributed by atoms with E-state index in [-0.39, 0.29) is 22.4 Å². The average molecular weight is 282 g/mol. The Hall–Kier alpha value is -1.70. The summed E-state index contributed by atoms with van der Waals surface area (Å²) in [4.78, 5) is 0. The summed E-state index contributed by atoms with van der Waals surface area (Å²) in [5.74, 6) is 0. The van der Waals surface area contributed by atoms with E-state index in [1.807, 2.05) is 0 Å². The summed E-state index contributed by atoms with van der Waals surface area (Å²) in [5.41, 5.74) is -0.540. The molecule has 0 radical (unpaired) electrons. The maximum absolute atomic E-state index is 12.7. The number of halogens is 3. The Morgan fingerprint density at radius 3 is 2.10 bits per heavy atom. The average Bonchev–Trinajstić information content (AvgIpc) is 2.70. The monoisotopic (exact) mass is 282 g/mol. The minimum Gasteiger partial charge on any atom is -0.381 e. The number of nitrogens with one attached hydrogen (secondary N) is 1. The zero-order valence-electron chi connectivity index (χ0n) is 11.9. The Labute approximate surface area is 116 Å². The van der Waals surface area contributed by atoms with E-state index in [9.17, 15) is 13.2 Å². The van der Waals surface area contributed by atoms with Crippen LogP contribution in [0.15, 0.2) is 18.2 Å². The van der Waals surface area contributed by atoms with E-state index in [0.717, 1.165) is 6.07 Å². The number of nitriles is 1. The van der Waals surface area contributed by atoms with Gasteiger partial charge in [0.2, 0.25) is 0 Å². The first-order chi connectivity index (χ1) is 9.01. The van der Waals surface area contributed by atoms with Crippen molar-refractivity contribution in [1.29, 1.82) is 5.26 Å². The molecule has 0 unspecified atom stereocenters. The van der Waals surface area contributed by atoms with E-state index in [2.05, 4.69) is 33.0 Å². The van der Waals surface area contributed by atoms with E-state index >= 15 is 0 Å². The number of hydrogen-bond donors (Lipinski definition) is 1. The molecule has 2 nitrogen and oxygen atoms in total. The molecule has 0 amide bonds. The SMILES string of the molecule is CC1(C)C(Nc2ccc(C(F)(F)F)c(C#N)c2)C1(C)C. The maximum atomic E-state index is 12.7. The van der Waals surface area contributed by atoms with Crippen molar-refractivity contribution in [3.63, 3.8) is 0 Å². The predicted octanol–water partition coefficient (Wildman–Crippen LogP) is 4.42. The topological polar surface area (TPSA) is 35.8 Å². The number of benzene rings is 1. The Morgan fingerprint density at radius 2 is 1.70 bits per heavy atom. The smallest absolute Gasteiger partial charge is 0.381 e. The maximum Gasteiger partial charge on any atom is 0.417 e. The molecule has 1 aromatic rings.